The first-order valence-corrected chi connectivity index (χ1v) is 12.6. The fraction of sp³-hybridized carbons (Fsp3) is 0.310. The van der Waals surface area contributed by atoms with Crippen LogP contribution < -0.4 is 4.90 Å². The lowest BCUT2D eigenvalue weighted by atomic mass is 10.0. The molecular formula is C29H32N6O2. The molecule has 0 unspecified atom stereocenters. The molecule has 2 aromatic heterocycles. The fourth-order valence-electron chi connectivity index (χ4n) is 4.86. The predicted octanol–water partition coefficient (Wildman–Crippen LogP) is 4.49. The van der Waals surface area contributed by atoms with Crippen LogP contribution in [0, 0.1) is 19.8 Å². The number of hydrogen-bond acceptors (Lipinski definition) is 4. The Kier molecular flexibility index (Phi) is 6.41. The molecule has 8 heteroatoms. The molecule has 37 heavy (non-hydrogen) atoms. The molecular weight excluding hydrogens is 464 g/mol. The van der Waals surface area contributed by atoms with Gasteiger partial charge in [0.25, 0.3) is 5.91 Å². The second-order valence-electron chi connectivity index (χ2n) is 9.95. The van der Waals surface area contributed by atoms with E-state index in [1.54, 1.807) is 22.8 Å². The Labute approximate surface area is 217 Å². The lowest BCUT2D eigenvalue weighted by Crippen LogP contribution is -2.38. The number of benzene rings is 2. The first kappa shape index (κ1) is 24.5. The Morgan fingerprint density at radius 2 is 1.65 bits per heavy atom. The number of carbonyl (C=O) groups excluding carboxylic acids is 2. The summed E-state index contributed by atoms with van der Waals surface area (Å²) in [5.74, 6) is 0.738. The molecule has 1 aliphatic rings. The Bertz CT molecular complexity index is 1450. The summed E-state index contributed by atoms with van der Waals surface area (Å²) in [6.45, 7) is 8.82. The van der Waals surface area contributed by atoms with Crippen molar-refractivity contribution in [3.05, 3.63) is 89.3 Å². The third kappa shape index (κ3) is 4.55. The molecule has 5 rings (SSSR count). The number of fused-ring (bicyclic) bond motifs is 1. The van der Waals surface area contributed by atoms with Gasteiger partial charge in [-0.15, -0.1) is 0 Å². The lowest BCUT2D eigenvalue weighted by molar-refractivity contribution is -0.133. The smallest absolute Gasteiger partial charge is 0.277 e. The molecule has 0 spiro atoms. The van der Waals surface area contributed by atoms with Gasteiger partial charge in [-0.1, -0.05) is 31.5 Å². The Morgan fingerprint density at radius 3 is 2.32 bits per heavy atom. The van der Waals surface area contributed by atoms with Crippen LogP contribution in [0.15, 0.2) is 60.9 Å². The van der Waals surface area contributed by atoms with Crippen molar-refractivity contribution >= 4 is 17.5 Å². The van der Waals surface area contributed by atoms with E-state index in [-0.39, 0.29) is 17.7 Å². The predicted molar refractivity (Wildman–Crippen MR) is 143 cm³/mol. The number of amides is 2. The number of imidazole rings is 1. The molecule has 0 fully saturated rings. The number of hydrogen-bond donors (Lipinski definition) is 0. The largest absolute Gasteiger partial charge is 0.338 e. The van der Waals surface area contributed by atoms with E-state index in [1.807, 2.05) is 91.9 Å². The van der Waals surface area contributed by atoms with Crippen molar-refractivity contribution in [2.24, 2.45) is 5.92 Å². The molecule has 0 atom stereocenters. The monoisotopic (exact) mass is 496 g/mol. The SMILES string of the molecule is Cc1ccc(-n2nc(C)c3c2C(=O)N(c2ccc(-n4ccnc4CN(C)C(=O)C(C)C)cc2)CC3)cc1. The van der Waals surface area contributed by atoms with Crippen LogP contribution in [0.4, 0.5) is 5.69 Å². The zero-order valence-corrected chi connectivity index (χ0v) is 22.0. The van der Waals surface area contributed by atoms with Crippen LogP contribution in [-0.4, -0.2) is 49.6 Å². The maximum atomic E-state index is 13.7. The van der Waals surface area contributed by atoms with E-state index < -0.39 is 0 Å². The first-order valence-electron chi connectivity index (χ1n) is 12.6. The van der Waals surface area contributed by atoms with E-state index in [9.17, 15) is 9.59 Å². The molecule has 0 N–H and O–H groups in total. The van der Waals surface area contributed by atoms with Crippen molar-refractivity contribution in [2.75, 3.05) is 18.5 Å². The highest BCUT2D eigenvalue weighted by Gasteiger charge is 2.32. The summed E-state index contributed by atoms with van der Waals surface area (Å²) in [6, 6.07) is 15.9. The minimum absolute atomic E-state index is 0.0488. The number of aryl methyl sites for hydroxylation is 2. The van der Waals surface area contributed by atoms with Gasteiger partial charge in [0, 0.05) is 48.8 Å². The molecule has 0 bridgehead atoms. The number of nitrogens with zero attached hydrogens (tertiary/aromatic N) is 6. The van der Waals surface area contributed by atoms with Gasteiger partial charge >= 0.3 is 0 Å². The maximum Gasteiger partial charge on any atom is 0.277 e. The van der Waals surface area contributed by atoms with Gasteiger partial charge in [-0.25, -0.2) is 9.67 Å². The summed E-state index contributed by atoms with van der Waals surface area (Å²) < 4.78 is 3.75. The topological polar surface area (TPSA) is 76.3 Å². The summed E-state index contributed by atoms with van der Waals surface area (Å²) in [6.07, 6.45) is 4.38. The van der Waals surface area contributed by atoms with Crippen LogP contribution in [0.25, 0.3) is 11.4 Å². The zero-order valence-electron chi connectivity index (χ0n) is 22.0. The molecule has 0 saturated carbocycles. The summed E-state index contributed by atoms with van der Waals surface area (Å²) >= 11 is 0. The highest BCUT2D eigenvalue weighted by molar-refractivity contribution is 6.07. The van der Waals surface area contributed by atoms with Gasteiger partial charge in [0.1, 0.15) is 11.5 Å². The van der Waals surface area contributed by atoms with Crippen LogP contribution >= 0.6 is 0 Å². The average Bonchev–Trinajstić information content (AvgIpc) is 3.49. The molecule has 1 aliphatic heterocycles. The van der Waals surface area contributed by atoms with Gasteiger partial charge in [-0.3, -0.25) is 9.59 Å². The fourth-order valence-corrected chi connectivity index (χ4v) is 4.86. The summed E-state index contributed by atoms with van der Waals surface area (Å²) in [5, 5.41) is 4.71. The zero-order chi connectivity index (χ0) is 26.3. The Balaban J connectivity index is 1.40. The van der Waals surface area contributed by atoms with Crippen molar-refractivity contribution in [1.82, 2.24) is 24.2 Å². The molecule has 190 valence electrons. The number of carbonyl (C=O) groups is 2. The maximum absolute atomic E-state index is 13.7. The third-order valence-electron chi connectivity index (χ3n) is 6.90. The van der Waals surface area contributed by atoms with E-state index in [0.717, 1.165) is 46.1 Å². The van der Waals surface area contributed by atoms with Crippen LogP contribution in [0.2, 0.25) is 0 Å². The average molecular weight is 497 g/mol. The normalized spacial score (nSPS) is 13.2. The van der Waals surface area contributed by atoms with Gasteiger partial charge in [0.15, 0.2) is 0 Å². The van der Waals surface area contributed by atoms with E-state index in [2.05, 4.69) is 4.98 Å². The van der Waals surface area contributed by atoms with Crippen molar-refractivity contribution in [3.63, 3.8) is 0 Å². The molecule has 2 aromatic carbocycles. The number of aromatic nitrogens is 4. The molecule has 8 nitrogen and oxygen atoms in total. The summed E-state index contributed by atoms with van der Waals surface area (Å²) in [7, 11) is 1.80. The second kappa shape index (κ2) is 9.69. The highest BCUT2D eigenvalue weighted by Crippen LogP contribution is 2.29. The lowest BCUT2D eigenvalue weighted by Gasteiger charge is -2.28. The van der Waals surface area contributed by atoms with Gasteiger partial charge in [0.05, 0.1) is 17.9 Å². The second-order valence-corrected chi connectivity index (χ2v) is 9.95. The Morgan fingerprint density at radius 1 is 1.00 bits per heavy atom. The molecule has 0 saturated heterocycles. The minimum Gasteiger partial charge on any atom is -0.338 e. The highest BCUT2D eigenvalue weighted by atomic mass is 16.2. The van der Waals surface area contributed by atoms with Crippen molar-refractivity contribution in [1.29, 1.82) is 0 Å². The van der Waals surface area contributed by atoms with Crippen molar-refractivity contribution in [2.45, 2.75) is 40.7 Å². The standard InChI is InChI=1S/C29H32N6O2/c1-19(2)28(36)32(5)18-26-30-15-17-33(26)22-10-12-23(13-11-22)34-16-14-25-21(4)31-35(27(25)29(34)37)24-8-6-20(3)7-9-24/h6-13,15,17,19H,14,16,18H2,1-5H3. The van der Waals surface area contributed by atoms with Crippen LogP contribution in [0.3, 0.4) is 0 Å². The summed E-state index contributed by atoms with van der Waals surface area (Å²) in [4.78, 5) is 34.0. The molecule has 0 aliphatic carbocycles. The van der Waals surface area contributed by atoms with Gasteiger partial charge in [0.2, 0.25) is 5.91 Å². The van der Waals surface area contributed by atoms with Crippen molar-refractivity contribution in [3.8, 4) is 11.4 Å². The van der Waals surface area contributed by atoms with Crippen LogP contribution in [0.1, 0.15) is 47.0 Å². The van der Waals surface area contributed by atoms with E-state index >= 15 is 0 Å². The molecule has 4 aromatic rings. The van der Waals surface area contributed by atoms with E-state index in [1.165, 1.54) is 0 Å². The first-order chi connectivity index (χ1) is 17.7. The molecule has 2 amide bonds. The quantitative estimate of drug-likeness (QED) is 0.394. The molecule has 0 radical (unpaired) electrons. The van der Waals surface area contributed by atoms with Crippen LogP contribution in [0.5, 0.6) is 0 Å². The van der Waals surface area contributed by atoms with E-state index in [4.69, 9.17) is 5.10 Å². The number of rotatable bonds is 6. The van der Waals surface area contributed by atoms with Gasteiger partial charge < -0.3 is 14.4 Å². The van der Waals surface area contributed by atoms with E-state index in [0.29, 0.717) is 18.8 Å². The summed E-state index contributed by atoms with van der Waals surface area (Å²) in [5.41, 5.74) is 6.35. The van der Waals surface area contributed by atoms with Gasteiger partial charge in [-0.05, 0) is 56.7 Å². The Hall–Kier alpha value is -4.20. The van der Waals surface area contributed by atoms with Gasteiger partial charge in [-0.2, -0.15) is 5.10 Å². The van der Waals surface area contributed by atoms with Crippen LogP contribution in [-0.2, 0) is 17.8 Å². The minimum atomic E-state index is -0.0682. The molecule has 3 heterocycles. The number of anilines is 1. The third-order valence-corrected chi connectivity index (χ3v) is 6.90. The van der Waals surface area contributed by atoms with Crippen molar-refractivity contribution < 1.29 is 9.59 Å².